The Kier molecular flexibility index (Phi) is 6.38. The molecular formula is C19H21ClN2O2. The van der Waals surface area contributed by atoms with Gasteiger partial charge in [0.2, 0.25) is 0 Å². The molecule has 126 valence electrons. The second-order valence-corrected chi connectivity index (χ2v) is 6.00. The maximum Gasteiger partial charge on any atom is 0.255 e. The maximum absolute atomic E-state index is 12.3. The van der Waals surface area contributed by atoms with Gasteiger partial charge in [-0.2, -0.15) is 0 Å². The highest BCUT2D eigenvalue weighted by Gasteiger charge is 2.13. The van der Waals surface area contributed by atoms with Crippen LogP contribution in [-0.2, 0) is 0 Å². The summed E-state index contributed by atoms with van der Waals surface area (Å²) in [6, 6.07) is 13.7. The van der Waals surface area contributed by atoms with E-state index in [0.717, 1.165) is 19.4 Å². The topological polar surface area (TPSA) is 49.4 Å². The fraction of sp³-hybridized carbons (Fsp3) is 0.263. The first-order chi connectivity index (χ1) is 11.5. The molecule has 24 heavy (non-hydrogen) atoms. The molecule has 0 radical (unpaired) electrons. The third-order valence-corrected chi connectivity index (χ3v) is 4.04. The molecule has 2 amide bonds. The molecule has 0 unspecified atom stereocenters. The highest BCUT2D eigenvalue weighted by molar-refractivity contribution is 6.33. The number of hydrogen-bond acceptors (Lipinski definition) is 2. The predicted octanol–water partition coefficient (Wildman–Crippen LogP) is 4.46. The summed E-state index contributed by atoms with van der Waals surface area (Å²) in [7, 11) is 1.79. The number of unbranched alkanes of at least 4 members (excludes halogenated alkanes) is 1. The van der Waals surface area contributed by atoms with Crippen LogP contribution in [0.15, 0.2) is 48.5 Å². The van der Waals surface area contributed by atoms with Crippen molar-refractivity contribution in [2.24, 2.45) is 0 Å². The predicted molar refractivity (Wildman–Crippen MR) is 97.7 cm³/mol. The van der Waals surface area contributed by atoms with Gasteiger partial charge >= 0.3 is 0 Å². The van der Waals surface area contributed by atoms with Crippen LogP contribution in [-0.4, -0.2) is 30.3 Å². The van der Waals surface area contributed by atoms with Crippen LogP contribution in [0.4, 0.5) is 5.69 Å². The maximum atomic E-state index is 12.3. The largest absolute Gasteiger partial charge is 0.342 e. The number of benzene rings is 2. The molecule has 0 atom stereocenters. The molecule has 0 bridgehead atoms. The average Bonchev–Trinajstić information content (AvgIpc) is 2.61. The summed E-state index contributed by atoms with van der Waals surface area (Å²) in [5.41, 5.74) is 1.61. The Labute approximate surface area is 147 Å². The lowest BCUT2D eigenvalue weighted by atomic mass is 10.1. The van der Waals surface area contributed by atoms with Gasteiger partial charge in [-0.15, -0.1) is 0 Å². The van der Waals surface area contributed by atoms with E-state index in [4.69, 9.17) is 11.6 Å². The van der Waals surface area contributed by atoms with E-state index >= 15 is 0 Å². The smallest absolute Gasteiger partial charge is 0.255 e. The third kappa shape index (κ3) is 4.59. The minimum absolute atomic E-state index is 0.0403. The lowest BCUT2D eigenvalue weighted by Gasteiger charge is -2.16. The number of para-hydroxylation sites is 1. The fourth-order valence-corrected chi connectivity index (χ4v) is 2.42. The molecule has 2 aromatic carbocycles. The van der Waals surface area contributed by atoms with E-state index in [9.17, 15) is 9.59 Å². The van der Waals surface area contributed by atoms with Crippen LogP contribution in [0, 0.1) is 0 Å². The average molecular weight is 345 g/mol. The van der Waals surface area contributed by atoms with Crippen molar-refractivity contribution in [2.45, 2.75) is 19.8 Å². The summed E-state index contributed by atoms with van der Waals surface area (Å²) in [5, 5.41) is 3.24. The van der Waals surface area contributed by atoms with Gasteiger partial charge in [0.1, 0.15) is 0 Å². The minimum atomic E-state index is -0.263. The number of nitrogens with zero attached hydrogens (tertiary/aromatic N) is 1. The second kappa shape index (κ2) is 8.50. The van der Waals surface area contributed by atoms with Gasteiger partial charge in [0.25, 0.3) is 11.8 Å². The van der Waals surface area contributed by atoms with Crippen molar-refractivity contribution in [3.63, 3.8) is 0 Å². The van der Waals surface area contributed by atoms with Crippen molar-refractivity contribution >= 4 is 29.1 Å². The Bertz CT molecular complexity index is 714. The number of rotatable bonds is 6. The summed E-state index contributed by atoms with van der Waals surface area (Å²) < 4.78 is 0. The van der Waals surface area contributed by atoms with Crippen LogP contribution < -0.4 is 5.32 Å². The van der Waals surface area contributed by atoms with E-state index in [2.05, 4.69) is 12.2 Å². The molecule has 0 fully saturated rings. The highest BCUT2D eigenvalue weighted by Crippen LogP contribution is 2.21. The molecule has 5 heteroatoms. The number of carbonyl (C=O) groups excluding carboxylic acids is 2. The third-order valence-electron chi connectivity index (χ3n) is 3.71. The minimum Gasteiger partial charge on any atom is -0.342 e. The first-order valence-corrected chi connectivity index (χ1v) is 8.32. The lowest BCUT2D eigenvalue weighted by molar-refractivity contribution is 0.0792. The van der Waals surface area contributed by atoms with Crippen LogP contribution in [0.1, 0.15) is 40.5 Å². The molecule has 0 saturated heterocycles. The molecule has 4 nitrogen and oxygen atoms in total. The zero-order chi connectivity index (χ0) is 17.5. The Morgan fingerprint density at radius 2 is 1.67 bits per heavy atom. The van der Waals surface area contributed by atoms with Gasteiger partial charge < -0.3 is 10.2 Å². The number of nitrogens with one attached hydrogen (secondary N) is 1. The summed E-state index contributed by atoms with van der Waals surface area (Å²) in [6.45, 7) is 2.81. The van der Waals surface area contributed by atoms with Crippen LogP contribution in [0.2, 0.25) is 5.02 Å². The molecule has 0 aliphatic carbocycles. The van der Waals surface area contributed by atoms with E-state index in [0.29, 0.717) is 21.8 Å². The van der Waals surface area contributed by atoms with Crippen molar-refractivity contribution in [1.82, 2.24) is 4.90 Å². The van der Waals surface area contributed by atoms with Gasteiger partial charge in [-0.1, -0.05) is 37.1 Å². The molecule has 1 N–H and O–H groups in total. The number of carbonyl (C=O) groups is 2. The van der Waals surface area contributed by atoms with E-state index in [1.165, 1.54) is 0 Å². The number of amides is 2. The van der Waals surface area contributed by atoms with Gasteiger partial charge in [-0.05, 0) is 42.8 Å². The van der Waals surface area contributed by atoms with E-state index in [1.807, 2.05) is 0 Å². The van der Waals surface area contributed by atoms with E-state index in [-0.39, 0.29) is 11.8 Å². The lowest BCUT2D eigenvalue weighted by Crippen LogP contribution is -2.27. The summed E-state index contributed by atoms with van der Waals surface area (Å²) in [4.78, 5) is 26.2. The second-order valence-electron chi connectivity index (χ2n) is 5.59. The van der Waals surface area contributed by atoms with Crippen LogP contribution in [0.3, 0.4) is 0 Å². The SMILES string of the molecule is CCCCN(C)C(=O)c1ccc(C(=O)Nc2ccccc2Cl)cc1. The van der Waals surface area contributed by atoms with Crippen molar-refractivity contribution in [3.8, 4) is 0 Å². The number of anilines is 1. The van der Waals surface area contributed by atoms with Gasteiger partial charge in [-0.3, -0.25) is 9.59 Å². The molecule has 0 saturated carbocycles. The Morgan fingerprint density at radius 3 is 2.29 bits per heavy atom. The van der Waals surface area contributed by atoms with Gasteiger partial charge in [0.15, 0.2) is 0 Å². The number of hydrogen-bond donors (Lipinski definition) is 1. The Balaban J connectivity index is 2.05. The monoisotopic (exact) mass is 344 g/mol. The van der Waals surface area contributed by atoms with E-state index in [1.54, 1.807) is 60.5 Å². The van der Waals surface area contributed by atoms with Gasteiger partial charge in [0, 0.05) is 24.7 Å². The molecule has 0 aliphatic heterocycles. The zero-order valence-electron chi connectivity index (χ0n) is 13.9. The first kappa shape index (κ1) is 18.0. The highest BCUT2D eigenvalue weighted by atomic mass is 35.5. The summed E-state index contributed by atoms with van der Waals surface area (Å²) in [5.74, 6) is -0.303. The van der Waals surface area contributed by atoms with Crippen molar-refractivity contribution in [1.29, 1.82) is 0 Å². The molecule has 2 aromatic rings. The molecule has 2 rings (SSSR count). The Hall–Kier alpha value is -2.33. The van der Waals surface area contributed by atoms with Crippen molar-refractivity contribution in [3.05, 3.63) is 64.7 Å². The standard InChI is InChI=1S/C19H21ClN2O2/c1-3-4-13-22(2)19(24)15-11-9-14(10-12-15)18(23)21-17-8-6-5-7-16(17)20/h5-12H,3-4,13H2,1-2H3,(H,21,23). The van der Waals surface area contributed by atoms with Gasteiger partial charge in [-0.25, -0.2) is 0 Å². The van der Waals surface area contributed by atoms with Crippen molar-refractivity contribution in [2.75, 3.05) is 18.9 Å². The number of halogens is 1. The quantitative estimate of drug-likeness (QED) is 0.840. The van der Waals surface area contributed by atoms with Crippen LogP contribution in [0.5, 0.6) is 0 Å². The zero-order valence-corrected chi connectivity index (χ0v) is 14.6. The van der Waals surface area contributed by atoms with Crippen molar-refractivity contribution < 1.29 is 9.59 Å². The van der Waals surface area contributed by atoms with Crippen LogP contribution >= 0.6 is 11.6 Å². The van der Waals surface area contributed by atoms with Crippen LogP contribution in [0.25, 0.3) is 0 Å². The van der Waals surface area contributed by atoms with Gasteiger partial charge in [0.05, 0.1) is 10.7 Å². The molecular weight excluding hydrogens is 324 g/mol. The first-order valence-electron chi connectivity index (χ1n) is 7.94. The molecule has 0 aromatic heterocycles. The van der Waals surface area contributed by atoms with E-state index < -0.39 is 0 Å². The normalized spacial score (nSPS) is 10.3. The molecule has 0 aliphatic rings. The Morgan fingerprint density at radius 1 is 1.04 bits per heavy atom. The molecule has 0 spiro atoms. The fourth-order valence-electron chi connectivity index (χ4n) is 2.24. The summed E-state index contributed by atoms with van der Waals surface area (Å²) in [6.07, 6.45) is 2.01. The molecule has 0 heterocycles. The summed E-state index contributed by atoms with van der Waals surface area (Å²) >= 11 is 6.03.